The number of amides is 2. The van der Waals surface area contributed by atoms with Crippen LogP contribution >= 0.6 is 0 Å². The van der Waals surface area contributed by atoms with Crippen LogP contribution in [0.1, 0.15) is 49.0 Å². The van der Waals surface area contributed by atoms with Crippen molar-refractivity contribution < 1.29 is 24.6 Å². The first-order valence-electron chi connectivity index (χ1n) is 10.6. The van der Waals surface area contributed by atoms with E-state index in [1.165, 1.54) is 4.90 Å². The third-order valence-corrected chi connectivity index (χ3v) is 5.79. The number of hydrogen-bond acceptors (Lipinski definition) is 3. The molecule has 0 aliphatic carbocycles. The zero-order valence-corrected chi connectivity index (χ0v) is 17.9. The Morgan fingerprint density at radius 2 is 1.68 bits per heavy atom. The van der Waals surface area contributed by atoms with Crippen LogP contribution in [0.2, 0.25) is 0 Å². The molecule has 1 saturated heterocycles. The van der Waals surface area contributed by atoms with E-state index in [1.807, 2.05) is 38.1 Å². The monoisotopic (exact) mass is 424 g/mol. The number of urea groups is 1. The molecule has 1 aliphatic rings. The third-order valence-electron chi connectivity index (χ3n) is 5.79. The summed E-state index contributed by atoms with van der Waals surface area (Å²) in [6, 6.07) is 13.8. The fourth-order valence-electron chi connectivity index (χ4n) is 4.30. The van der Waals surface area contributed by atoms with Gasteiger partial charge in [0.15, 0.2) is 5.54 Å². The van der Waals surface area contributed by atoms with Gasteiger partial charge in [0.05, 0.1) is 12.1 Å². The van der Waals surface area contributed by atoms with Crippen LogP contribution in [0.15, 0.2) is 48.5 Å². The van der Waals surface area contributed by atoms with Crippen molar-refractivity contribution in [3.05, 3.63) is 59.7 Å². The molecule has 2 N–H and O–H groups in total. The minimum atomic E-state index is -1.24. The zero-order chi connectivity index (χ0) is 22.6. The Balaban J connectivity index is 1.90. The summed E-state index contributed by atoms with van der Waals surface area (Å²) >= 11 is 0. The molecule has 1 atom stereocenters. The molecule has 164 valence electrons. The first-order chi connectivity index (χ1) is 14.8. The van der Waals surface area contributed by atoms with Gasteiger partial charge in [-0.15, -0.1) is 0 Å². The Morgan fingerprint density at radius 3 is 2.26 bits per heavy atom. The van der Waals surface area contributed by atoms with Crippen LogP contribution < -0.4 is 0 Å². The van der Waals surface area contributed by atoms with Gasteiger partial charge in [-0.2, -0.15) is 0 Å². The summed E-state index contributed by atoms with van der Waals surface area (Å²) in [7, 11) is 0. The van der Waals surface area contributed by atoms with E-state index in [4.69, 9.17) is 0 Å². The van der Waals surface area contributed by atoms with Crippen LogP contribution in [0.5, 0.6) is 0 Å². The second kappa shape index (κ2) is 9.20. The Bertz CT molecular complexity index is 972. The summed E-state index contributed by atoms with van der Waals surface area (Å²) in [6.45, 7) is 4.79. The van der Waals surface area contributed by atoms with Crippen LogP contribution in [0.4, 0.5) is 4.79 Å². The highest BCUT2D eigenvalue weighted by molar-refractivity contribution is 5.96. The van der Waals surface area contributed by atoms with Gasteiger partial charge in [0.2, 0.25) is 0 Å². The summed E-state index contributed by atoms with van der Waals surface area (Å²) in [6.07, 6.45) is 1.80. The van der Waals surface area contributed by atoms with E-state index in [2.05, 4.69) is 0 Å². The molecule has 2 aromatic rings. The van der Waals surface area contributed by atoms with Crippen molar-refractivity contribution in [2.24, 2.45) is 0 Å². The Labute approximate surface area is 181 Å². The molecule has 3 rings (SSSR count). The number of carbonyl (C=O) groups is 3. The van der Waals surface area contributed by atoms with Gasteiger partial charge in [0.25, 0.3) is 0 Å². The third kappa shape index (κ3) is 4.26. The van der Waals surface area contributed by atoms with E-state index in [9.17, 15) is 24.6 Å². The lowest BCUT2D eigenvalue weighted by Gasteiger charge is -2.33. The molecule has 2 amide bonds. The first-order valence-corrected chi connectivity index (χ1v) is 10.6. The van der Waals surface area contributed by atoms with Crippen molar-refractivity contribution in [1.29, 1.82) is 0 Å². The SMILES string of the molecule is CCCN1CC(CCC)(C(=O)O)N(Cc2ccc(-c3ccccc3C(=O)O)cc2)C1=O. The minimum Gasteiger partial charge on any atom is -0.479 e. The number of aromatic carboxylic acids is 1. The smallest absolute Gasteiger partial charge is 0.336 e. The van der Waals surface area contributed by atoms with Crippen LogP contribution in [0.25, 0.3) is 11.1 Å². The summed E-state index contributed by atoms with van der Waals surface area (Å²) < 4.78 is 0. The number of benzene rings is 2. The van der Waals surface area contributed by atoms with E-state index in [1.54, 1.807) is 29.2 Å². The van der Waals surface area contributed by atoms with Crippen molar-refractivity contribution in [2.75, 3.05) is 13.1 Å². The number of carbonyl (C=O) groups excluding carboxylic acids is 1. The molecule has 7 heteroatoms. The van der Waals surface area contributed by atoms with Crippen molar-refractivity contribution in [1.82, 2.24) is 9.80 Å². The van der Waals surface area contributed by atoms with Crippen molar-refractivity contribution in [3.63, 3.8) is 0 Å². The average molecular weight is 424 g/mol. The molecule has 0 spiro atoms. The average Bonchev–Trinajstić information content (AvgIpc) is 3.01. The van der Waals surface area contributed by atoms with Crippen molar-refractivity contribution >= 4 is 18.0 Å². The first kappa shape index (κ1) is 22.3. The van der Waals surface area contributed by atoms with Crippen LogP contribution in [0.3, 0.4) is 0 Å². The number of hydrogen-bond donors (Lipinski definition) is 2. The Kier molecular flexibility index (Phi) is 6.63. The number of nitrogens with zero attached hydrogens (tertiary/aromatic N) is 2. The molecule has 31 heavy (non-hydrogen) atoms. The number of carboxylic acids is 2. The second-order valence-electron chi connectivity index (χ2n) is 7.92. The molecule has 2 aromatic carbocycles. The fourth-order valence-corrected chi connectivity index (χ4v) is 4.30. The molecule has 7 nitrogen and oxygen atoms in total. The van der Waals surface area contributed by atoms with E-state index < -0.39 is 17.5 Å². The highest BCUT2D eigenvalue weighted by Crippen LogP contribution is 2.34. The van der Waals surface area contributed by atoms with Gasteiger partial charge in [0.1, 0.15) is 0 Å². The summed E-state index contributed by atoms with van der Waals surface area (Å²) in [5, 5.41) is 19.5. The zero-order valence-electron chi connectivity index (χ0n) is 17.9. The maximum atomic E-state index is 13.0. The topological polar surface area (TPSA) is 98.2 Å². The molecule has 1 heterocycles. The number of aliphatic carboxylic acids is 1. The second-order valence-corrected chi connectivity index (χ2v) is 7.92. The van der Waals surface area contributed by atoms with E-state index in [-0.39, 0.29) is 24.7 Å². The van der Waals surface area contributed by atoms with Crippen molar-refractivity contribution in [3.8, 4) is 11.1 Å². The van der Waals surface area contributed by atoms with Crippen LogP contribution in [-0.4, -0.2) is 56.6 Å². The maximum Gasteiger partial charge on any atom is 0.336 e. The molecular formula is C24H28N2O5. The van der Waals surface area contributed by atoms with E-state index in [0.717, 1.165) is 17.5 Å². The summed E-state index contributed by atoms with van der Waals surface area (Å²) in [5.74, 6) is -1.97. The molecule has 0 bridgehead atoms. The van der Waals surface area contributed by atoms with Gasteiger partial charge < -0.3 is 20.0 Å². The molecule has 0 radical (unpaired) electrons. The summed E-state index contributed by atoms with van der Waals surface area (Å²) in [5.41, 5.74) is 1.13. The van der Waals surface area contributed by atoms with Gasteiger partial charge in [-0.3, -0.25) is 0 Å². The summed E-state index contributed by atoms with van der Waals surface area (Å²) in [4.78, 5) is 39.9. The van der Waals surface area contributed by atoms with Crippen LogP contribution in [-0.2, 0) is 11.3 Å². The number of carboxylic acid groups (broad SMARTS) is 2. The fraction of sp³-hybridized carbons (Fsp3) is 0.375. The van der Waals surface area contributed by atoms with Gasteiger partial charge in [-0.25, -0.2) is 14.4 Å². The molecule has 1 aliphatic heterocycles. The lowest BCUT2D eigenvalue weighted by molar-refractivity contribution is -0.148. The van der Waals surface area contributed by atoms with E-state index >= 15 is 0 Å². The Hall–Kier alpha value is -3.35. The predicted octanol–water partition coefficient (Wildman–Crippen LogP) is 4.32. The predicted molar refractivity (Wildman–Crippen MR) is 117 cm³/mol. The van der Waals surface area contributed by atoms with Gasteiger partial charge in [-0.1, -0.05) is 62.7 Å². The molecule has 0 saturated carbocycles. The minimum absolute atomic E-state index is 0.187. The lowest BCUT2D eigenvalue weighted by Crippen LogP contribution is -2.53. The number of rotatable bonds is 9. The largest absolute Gasteiger partial charge is 0.479 e. The maximum absolute atomic E-state index is 13.0. The molecule has 1 fully saturated rings. The quantitative estimate of drug-likeness (QED) is 0.625. The Morgan fingerprint density at radius 1 is 1.00 bits per heavy atom. The lowest BCUT2D eigenvalue weighted by atomic mass is 9.92. The highest BCUT2D eigenvalue weighted by atomic mass is 16.4. The van der Waals surface area contributed by atoms with Crippen molar-refractivity contribution in [2.45, 2.75) is 45.2 Å². The van der Waals surface area contributed by atoms with Gasteiger partial charge in [-0.05, 0) is 35.6 Å². The van der Waals surface area contributed by atoms with Crippen LogP contribution in [0, 0.1) is 0 Å². The molecule has 0 aromatic heterocycles. The van der Waals surface area contributed by atoms with Gasteiger partial charge in [0, 0.05) is 13.1 Å². The highest BCUT2D eigenvalue weighted by Gasteiger charge is 2.54. The molecular weight excluding hydrogens is 396 g/mol. The normalized spacial score (nSPS) is 18.5. The standard InChI is InChI=1S/C24H28N2O5/c1-3-13-24(22(29)30)16-25(14-4-2)23(31)26(24)15-17-9-11-18(12-10-17)19-7-5-6-8-20(19)21(27)28/h5-12H,3-4,13-16H2,1-2H3,(H,27,28)(H,29,30). The van der Waals surface area contributed by atoms with Gasteiger partial charge >= 0.3 is 18.0 Å². The molecule has 1 unspecified atom stereocenters. The van der Waals surface area contributed by atoms with E-state index in [0.29, 0.717) is 24.9 Å².